The molecule has 2 aromatic carbocycles. The number of halogens is 1. The number of anilines is 1. The summed E-state index contributed by atoms with van der Waals surface area (Å²) < 4.78 is 6.32. The number of nitrogens with two attached hydrogens (primary N) is 1. The van der Waals surface area contributed by atoms with Gasteiger partial charge in [-0.15, -0.1) is 10.2 Å². The molecule has 0 bridgehead atoms. The molecule has 0 radical (unpaired) electrons. The molecule has 62 heavy (non-hydrogen) atoms. The number of aromatic nitrogens is 7. The number of hydrogen-bond acceptors (Lipinski definition) is 17. The molecule has 3 heterocycles. The van der Waals surface area contributed by atoms with Crippen LogP contribution in [0.1, 0.15) is 48.5 Å². The molecule has 0 aliphatic heterocycles. The first kappa shape index (κ1) is 60.5. The Morgan fingerprint density at radius 2 is 1.11 bits per heavy atom. The van der Waals surface area contributed by atoms with Gasteiger partial charge in [0.25, 0.3) is 5.97 Å². The number of carboxylic acid groups (broad SMARTS) is 1. The number of amides is 2. The molecule has 10 N–H and O–H groups in total. The molecule has 0 aliphatic carbocycles. The van der Waals surface area contributed by atoms with Gasteiger partial charge in [0, 0.05) is 72.6 Å². The second kappa shape index (κ2) is 43.2. The molecule has 0 saturated carbocycles. The van der Waals surface area contributed by atoms with Crippen molar-refractivity contribution in [3.8, 4) is 0 Å². The van der Waals surface area contributed by atoms with E-state index < -0.39 is 5.97 Å². The fraction of sp³-hybridized carbons (Fsp3) is 0.462. The standard InChI is InChI=1S/C7H10N2.C7H14N2.2C6H5N3O.2C4H9NO2.C2H7NO.C2H4O2.CH4I/c1-9(2)7-3-5-8-6-4-7;1-6(2)8-5-9-7(3)4;2*10-9-6-4-2-1-3-5(6)7-8-9;2*1-4(7)5-2-3-6;3-1-2-4;1-2(3)4;1-2/h3-6H,1-2H3;6-7H,1-4H3;2*1-4,10H;2*6H,2-3H2,1H3,(H,5,7);4H,1-3H2;1H3,(H,3,4);2H,1H3/q;;;;;;;;-1/i;;;;;;;;2D. The van der Waals surface area contributed by atoms with Crippen LogP contribution < -0.4 is 43.7 Å². The van der Waals surface area contributed by atoms with Gasteiger partial charge in [0.05, 0.1) is 37.9 Å². The summed E-state index contributed by atoms with van der Waals surface area (Å²) in [4.78, 5) is 46.2. The number of aliphatic hydroxyl groups is 3. The summed E-state index contributed by atoms with van der Waals surface area (Å²) in [5, 5.41) is 68.3. The summed E-state index contributed by atoms with van der Waals surface area (Å²) in [6.07, 6.45) is 3.57. The van der Waals surface area contributed by atoms with Crippen molar-refractivity contribution in [1.29, 1.82) is 0.594 Å². The first-order valence-corrected chi connectivity index (χ1v) is 20.8. The molecule has 0 fully saturated rings. The summed E-state index contributed by atoms with van der Waals surface area (Å²) in [5.41, 5.74) is 8.62. The normalized spacial score (nSPS) is 9.19. The maximum absolute atomic E-state index is 9.98. The Morgan fingerprint density at radius 1 is 0.774 bits per heavy atom. The van der Waals surface area contributed by atoms with Crippen LogP contribution in [0.2, 0.25) is 0 Å². The predicted molar refractivity (Wildman–Crippen MR) is 236 cm³/mol. The van der Waals surface area contributed by atoms with E-state index in [1.165, 1.54) is 19.5 Å². The Labute approximate surface area is 377 Å². The predicted octanol–water partition coefficient (Wildman–Crippen LogP) is -1.38. The number of carboxylic acids is 1. The van der Waals surface area contributed by atoms with E-state index in [-0.39, 0.29) is 54.0 Å². The first-order valence-electron chi connectivity index (χ1n) is 19.1. The van der Waals surface area contributed by atoms with Crippen molar-refractivity contribution >= 4 is 51.5 Å². The molecule has 350 valence electrons. The van der Waals surface area contributed by atoms with Crippen molar-refractivity contribution in [2.24, 2.45) is 15.7 Å². The third-order valence-corrected chi connectivity index (χ3v) is 5.58. The van der Waals surface area contributed by atoms with Crippen LogP contribution in [-0.4, -0.2) is 161 Å². The van der Waals surface area contributed by atoms with Crippen molar-refractivity contribution in [3.63, 3.8) is 0 Å². The van der Waals surface area contributed by atoms with Crippen LogP contribution in [0, 0.1) is 0 Å². The maximum atomic E-state index is 9.98. The van der Waals surface area contributed by atoms with Crippen molar-refractivity contribution in [2.75, 3.05) is 63.4 Å². The Balaban J connectivity index is -0.000000318. The minimum atomic E-state index is -0.833. The van der Waals surface area contributed by atoms with Crippen LogP contribution in [0.15, 0.2) is 83.0 Å². The van der Waals surface area contributed by atoms with E-state index in [1.54, 1.807) is 36.7 Å². The monoisotopic (exact) mass is 989 g/mol. The van der Waals surface area contributed by atoms with Crippen LogP contribution >= 0.6 is 0 Å². The number of aliphatic hydroxyl groups excluding tert-OH is 3. The van der Waals surface area contributed by atoms with Crippen molar-refractivity contribution < 1.29 is 67.6 Å². The van der Waals surface area contributed by atoms with Gasteiger partial charge in [-0.2, -0.15) is 0 Å². The fourth-order valence-corrected chi connectivity index (χ4v) is 3.08. The summed E-state index contributed by atoms with van der Waals surface area (Å²) >= 11 is -0.160. The molecule has 3 aromatic heterocycles. The number of hydrogen-bond donors (Lipinski definition) is 9. The van der Waals surface area contributed by atoms with Gasteiger partial charge in [0.1, 0.15) is 22.1 Å². The molecule has 0 aliphatic rings. The Hall–Kier alpha value is -5.85. The van der Waals surface area contributed by atoms with E-state index in [1.807, 2.05) is 88.0 Å². The van der Waals surface area contributed by atoms with Crippen LogP contribution in [0.25, 0.3) is 22.1 Å². The number of pyridine rings is 1. The average molecular weight is 990 g/mol. The van der Waals surface area contributed by atoms with Gasteiger partial charge in [-0.3, -0.25) is 19.4 Å². The van der Waals surface area contributed by atoms with Crippen molar-refractivity contribution in [2.45, 2.75) is 60.5 Å². The van der Waals surface area contributed by atoms with Gasteiger partial charge in [-0.05, 0) is 74.5 Å². The quantitative estimate of drug-likeness (QED) is 0.0375. The van der Waals surface area contributed by atoms with E-state index in [4.69, 9.17) is 42.0 Å². The van der Waals surface area contributed by atoms with Gasteiger partial charge in [-0.1, -0.05) is 34.0 Å². The molecular formula is C39H67IN13O9-. The van der Waals surface area contributed by atoms with Gasteiger partial charge in [-0.25, -0.2) is 9.98 Å². The molecule has 5 aromatic rings. The molecule has 2 amide bonds. The number of aliphatic carboxylic acids is 1. The summed E-state index contributed by atoms with van der Waals surface area (Å²) in [6.45, 7) is 13.1. The van der Waals surface area contributed by atoms with Gasteiger partial charge in [0.15, 0.2) is 0 Å². The topological polar surface area (TPSA) is 325 Å². The van der Waals surface area contributed by atoms with Crippen LogP contribution in [0.5, 0.6) is 0 Å². The number of nitrogens with zero attached hydrogens (tertiary/aromatic N) is 10. The van der Waals surface area contributed by atoms with Crippen LogP contribution in [0.4, 0.5) is 5.69 Å². The SMILES string of the molecule is CC(=O)NCCO.CC(=O)NCCO.CC(=O)O.CC(C)N=C=NC(C)C.CN(C)c1ccncc1.NCCO.On1nnc2ccccc21.On1nnc2ccccc21.[2H][I-]C. The molecule has 22 nitrogen and oxygen atoms in total. The number of carbonyl (C=O) groups is 3. The minimum absolute atomic E-state index is 0.0135. The second-order valence-corrected chi connectivity index (χ2v) is 12.0. The number of alkyl halides is 1. The number of nitrogens with one attached hydrogen (secondary N) is 2. The second-order valence-electron chi connectivity index (χ2n) is 12.0. The van der Waals surface area contributed by atoms with Gasteiger partial charge in [0.2, 0.25) is 11.8 Å². The molecule has 0 spiro atoms. The van der Waals surface area contributed by atoms with Crippen molar-refractivity contribution in [1.82, 2.24) is 45.9 Å². The third kappa shape index (κ3) is 40.9. The number of fused-ring (bicyclic) bond motifs is 2. The number of aliphatic imine (C=N–C) groups is 2. The molecule has 0 unspecified atom stereocenters. The molecular weight excluding hydrogens is 921 g/mol. The molecule has 23 heteroatoms. The van der Waals surface area contributed by atoms with Gasteiger partial charge < -0.3 is 52.1 Å². The average Bonchev–Trinajstić information content (AvgIpc) is 3.82. The number of carbonyl (C=O) groups excluding carboxylic acids is 2. The third-order valence-electron chi connectivity index (χ3n) is 5.58. The molecule has 0 saturated heterocycles. The summed E-state index contributed by atoms with van der Waals surface area (Å²) in [5.74, 6) is -1.04. The number of rotatable bonds is 8. The molecule has 0 atom stereocenters. The van der Waals surface area contributed by atoms with Crippen molar-refractivity contribution in [3.05, 3.63) is 73.1 Å². The zero-order valence-corrected chi connectivity index (χ0v) is 39.3. The summed E-state index contributed by atoms with van der Waals surface area (Å²) in [7, 11) is 4.02. The Kier molecular flexibility index (Phi) is 42.2. The van der Waals surface area contributed by atoms with Gasteiger partial charge >= 0.3 is 27.9 Å². The zero-order valence-electron chi connectivity index (χ0n) is 38.2. The van der Waals surface area contributed by atoms with Crippen LogP contribution in [-0.2, 0) is 14.4 Å². The Bertz CT molecular complexity index is 1810. The van der Waals surface area contributed by atoms with Crippen LogP contribution in [0.3, 0.4) is 0 Å². The summed E-state index contributed by atoms with van der Waals surface area (Å²) in [6, 6.07) is 21.6. The first-order chi connectivity index (χ1) is 29.8. The van der Waals surface area contributed by atoms with E-state index in [9.17, 15) is 9.59 Å². The molecule has 5 rings (SSSR count). The number of benzene rings is 2. The zero-order chi connectivity index (χ0) is 49.0. The Morgan fingerprint density at radius 3 is 1.34 bits per heavy atom. The van der Waals surface area contributed by atoms with E-state index >= 15 is 0 Å². The van der Waals surface area contributed by atoms with E-state index in [0.29, 0.717) is 53.8 Å². The van der Waals surface area contributed by atoms with E-state index in [0.717, 1.165) is 16.6 Å². The fourth-order valence-electron chi connectivity index (χ4n) is 3.08. The van der Waals surface area contributed by atoms with E-state index in [2.05, 4.69) is 52.2 Å². The number of para-hydroxylation sites is 2.